The predicted octanol–water partition coefficient (Wildman–Crippen LogP) is 0.967. The van der Waals surface area contributed by atoms with Gasteiger partial charge in [-0.25, -0.2) is 0 Å². The first-order chi connectivity index (χ1) is 9.58. The standard InChI is InChI=1S/C13H16ClN3O3/c14-11-1-3-15-9-10(11)13(20)17-7-5-16(6-8-17)4-2-12(18)19/h1,3,9H,2,4-8H2,(H,18,19). The summed E-state index contributed by atoms with van der Waals surface area (Å²) in [5.41, 5.74) is 0.410. The molecule has 0 aliphatic carbocycles. The van der Waals surface area contributed by atoms with E-state index in [1.54, 1.807) is 17.2 Å². The molecule has 1 aromatic heterocycles. The van der Waals surface area contributed by atoms with Crippen molar-refractivity contribution in [3.63, 3.8) is 0 Å². The van der Waals surface area contributed by atoms with Crippen molar-refractivity contribution in [3.8, 4) is 0 Å². The minimum absolute atomic E-state index is 0.124. The molecule has 1 amide bonds. The Kier molecular flexibility index (Phi) is 4.92. The van der Waals surface area contributed by atoms with Gasteiger partial charge < -0.3 is 10.0 Å². The Morgan fingerprint density at radius 2 is 2.00 bits per heavy atom. The molecule has 20 heavy (non-hydrogen) atoms. The van der Waals surface area contributed by atoms with Crippen LogP contribution in [0.15, 0.2) is 18.5 Å². The molecule has 0 spiro atoms. The fourth-order valence-corrected chi connectivity index (χ4v) is 2.32. The molecule has 6 nitrogen and oxygen atoms in total. The molecule has 2 heterocycles. The first-order valence-electron chi connectivity index (χ1n) is 6.41. The zero-order chi connectivity index (χ0) is 14.5. The lowest BCUT2D eigenvalue weighted by molar-refractivity contribution is -0.137. The zero-order valence-corrected chi connectivity index (χ0v) is 11.7. The van der Waals surface area contributed by atoms with Crippen LogP contribution in [-0.4, -0.2) is 64.5 Å². The highest BCUT2D eigenvalue weighted by Gasteiger charge is 2.23. The average molecular weight is 298 g/mol. The summed E-state index contributed by atoms with van der Waals surface area (Å²) >= 11 is 5.99. The number of piperazine rings is 1. The van der Waals surface area contributed by atoms with Crippen molar-refractivity contribution < 1.29 is 14.7 Å². The first kappa shape index (κ1) is 14.7. The molecule has 7 heteroatoms. The van der Waals surface area contributed by atoms with Crippen LogP contribution in [-0.2, 0) is 4.79 Å². The molecule has 1 N–H and O–H groups in total. The molecule has 0 unspecified atom stereocenters. The van der Waals surface area contributed by atoms with Crippen LogP contribution in [0.2, 0.25) is 5.02 Å². The van der Waals surface area contributed by atoms with Crippen molar-refractivity contribution in [1.29, 1.82) is 0 Å². The number of aliphatic carboxylic acids is 1. The van der Waals surface area contributed by atoms with Crippen molar-refractivity contribution in [3.05, 3.63) is 29.0 Å². The van der Waals surface area contributed by atoms with E-state index in [1.165, 1.54) is 6.20 Å². The molecule has 1 saturated heterocycles. The summed E-state index contributed by atoms with van der Waals surface area (Å²) in [5, 5.41) is 9.05. The summed E-state index contributed by atoms with van der Waals surface area (Å²) in [7, 11) is 0. The second-order valence-corrected chi connectivity index (χ2v) is 5.04. The number of carboxylic acids is 1. The Bertz CT molecular complexity index is 501. The molecule has 0 bridgehead atoms. The summed E-state index contributed by atoms with van der Waals surface area (Å²) in [6, 6.07) is 1.60. The maximum atomic E-state index is 12.3. The van der Waals surface area contributed by atoms with Gasteiger partial charge in [-0.15, -0.1) is 0 Å². The lowest BCUT2D eigenvalue weighted by atomic mass is 10.2. The third-order valence-corrected chi connectivity index (χ3v) is 3.63. The monoisotopic (exact) mass is 297 g/mol. The van der Waals surface area contributed by atoms with Crippen molar-refractivity contribution in [2.75, 3.05) is 32.7 Å². The van der Waals surface area contributed by atoms with Gasteiger partial charge in [-0.2, -0.15) is 0 Å². The number of hydrogen-bond donors (Lipinski definition) is 1. The Morgan fingerprint density at radius 1 is 1.30 bits per heavy atom. The number of rotatable bonds is 4. The largest absolute Gasteiger partial charge is 0.481 e. The van der Waals surface area contributed by atoms with Crippen molar-refractivity contribution in [2.24, 2.45) is 0 Å². The Labute approximate surface area is 122 Å². The third kappa shape index (κ3) is 3.68. The van der Waals surface area contributed by atoms with E-state index < -0.39 is 5.97 Å². The number of carboxylic acid groups (broad SMARTS) is 1. The number of carbonyl (C=O) groups excluding carboxylic acids is 1. The highest BCUT2D eigenvalue weighted by atomic mass is 35.5. The van der Waals surface area contributed by atoms with E-state index in [-0.39, 0.29) is 12.3 Å². The Morgan fingerprint density at radius 3 is 2.60 bits per heavy atom. The van der Waals surface area contributed by atoms with Gasteiger partial charge in [0.2, 0.25) is 0 Å². The van der Waals surface area contributed by atoms with Crippen molar-refractivity contribution in [1.82, 2.24) is 14.8 Å². The van der Waals surface area contributed by atoms with Crippen LogP contribution in [0.1, 0.15) is 16.8 Å². The average Bonchev–Trinajstić information content (AvgIpc) is 2.45. The van der Waals surface area contributed by atoms with E-state index in [1.807, 2.05) is 4.90 Å². The van der Waals surface area contributed by atoms with Crippen LogP contribution in [0.25, 0.3) is 0 Å². The van der Waals surface area contributed by atoms with E-state index in [2.05, 4.69) is 4.98 Å². The smallest absolute Gasteiger partial charge is 0.304 e. The topological polar surface area (TPSA) is 73.7 Å². The van der Waals surface area contributed by atoms with Crippen LogP contribution >= 0.6 is 11.6 Å². The first-order valence-corrected chi connectivity index (χ1v) is 6.78. The molecule has 2 rings (SSSR count). The number of carbonyl (C=O) groups is 2. The molecule has 1 fully saturated rings. The van der Waals surface area contributed by atoms with Gasteiger partial charge in [0.05, 0.1) is 17.0 Å². The maximum Gasteiger partial charge on any atom is 0.304 e. The fourth-order valence-electron chi connectivity index (χ4n) is 2.13. The lowest BCUT2D eigenvalue weighted by Crippen LogP contribution is -2.49. The van der Waals surface area contributed by atoms with Gasteiger partial charge in [0.15, 0.2) is 0 Å². The molecule has 0 saturated carbocycles. The predicted molar refractivity (Wildman–Crippen MR) is 73.8 cm³/mol. The maximum absolute atomic E-state index is 12.3. The van der Waals surface area contributed by atoms with Crippen LogP contribution in [0, 0.1) is 0 Å². The van der Waals surface area contributed by atoms with Crippen LogP contribution in [0.5, 0.6) is 0 Å². The van der Waals surface area contributed by atoms with Gasteiger partial charge in [0, 0.05) is 45.1 Å². The van der Waals surface area contributed by atoms with Crippen LogP contribution in [0.3, 0.4) is 0 Å². The van der Waals surface area contributed by atoms with Gasteiger partial charge in [-0.3, -0.25) is 19.5 Å². The molecule has 1 aromatic rings. The highest BCUT2D eigenvalue weighted by molar-refractivity contribution is 6.33. The van der Waals surface area contributed by atoms with E-state index in [4.69, 9.17) is 16.7 Å². The van der Waals surface area contributed by atoms with E-state index >= 15 is 0 Å². The van der Waals surface area contributed by atoms with Gasteiger partial charge in [0.25, 0.3) is 5.91 Å². The molecule has 108 valence electrons. The van der Waals surface area contributed by atoms with Gasteiger partial charge in [-0.1, -0.05) is 11.6 Å². The van der Waals surface area contributed by atoms with Gasteiger partial charge in [0.1, 0.15) is 0 Å². The zero-order valence-electron chi connectivity index (χ0n) is 11.0. The number of halogens is 1. The van der Waals surface area contributed by atoms with Gasteiger partial charge >= 0.3 is 5.97 Å². The Hall–Kier alpha value is -1.66. The van der Waals surface area contributed by atoms with Crippen molar-refractivity contribution in [2.45, 2.75) is 6.42 Å². The molecule has 1 aliphatic rings. The second kappa shape index (κ2) is 6.67. The molecular formula is C13H16ClN3O3. The summed E-state index contributed by atoms with van der Waals surface area (Å²) in [5.74, 6) is -0.924. The van der Waals surface area contributed by atoms with E-state index in [9.17, 15) is 9.59 Å². The van der Waals surface area contributed by atoms with Crippen LogP contribution in [0.4, 0.5) is 0 Å². The SMILES string of the molecule is O=C(O)CCN1CCN(C(=O)c2cnccc2Cl)CC1. The Balaban J connectivity index is 1.89. The normalized spacial score (nSPS) is 16.1. The number of amides is 1. The quantitative estimate of drug-likeness (QED) is 0.896. The lowest BCUT2D eigenvalue weighted by Gasteiger charge is -2.34. The van der Waals surface area contributed by atoms with Gasteiger partial charge in [-0.05, 0) is 6.07 Å². The van der Waals surface area contributed by atoms with E-state index in [0.29, 0.717) is 43.3 Å². The minimum Gasteiger partial charge on any atom is -0.481 e. The summed E-state index contributed by atoms with van der Waals surface area (Å²) in [4.78, 5) is 30.5. The molecule has 0 radical (unpaired) electrons. The number of hydrogen-bond acceptors (Lipinski definition) is 4. The molecule has 1 aliphatic heterocycles. The molecule has 0 aromatic carbocycles. The summed E-state index contributed by atoms with van der Waals surface area (Å²) in [6.07, 6.45) is 3.15. The van der Waals surface area contributed by atoms with Crippen molar-refractivity contribution >= 4 is 23.5 Å². The molecule has 0 atom stereocenters. The number of pyridine rings is 1. The number of aromatic nitrogens is 1. The minimum atomic E-state index is -0.800. The second-order valence-electron chi connectivity index (χ2n) is 4.63. The summed E-state index contributed by atoms with van der Waals surface area (Å²) in [6.45, 7) is 3.02. The fraction of sp³-hybridized carbons (Fsp3) is 0.462. The highest BCUT2D eigenvalue weighted by Crippen LogP contribution is 2.17. The summed E-state index contributed by atoms with van der Waals surface area (Å²) < 4.78 is 0. The third-order valence-electron chi connectivity index (χ3n) is 3.30. The number of nitrogens with zero attached hydrogens (tertiary/aromatic N) is 3. The van der Waals surface area contributed by atoms with E-state index in [0.717, 1.165) is 0 Å². The van der Waals surface area contributed by atoms with Crippen LogP contribution < -0.4 is 0 Å². The molecular weight excluding hydrogens is 282 g/mol.